The summed E-state index contributed by atoms with van der Waals surface area (Å²) in [7, 11) is 0. The van der Waals surface area contributed by atoms with Gasteiger partial charge in [0.1, 0.15) is 0 Å². The van der Waals surface area contributed by atoms with Gasteiger partial charge in [-0.05, 0) is 18.4 Å². The topological polar surface area (TPSA) is 92.9 Å². The minimum atomic E-state index is -0.738. The van der Waals surface area contributed by atoms with E-state index >= 15 is 0 Å². The van der Waals surface area contributed by atoms with Crippen molar-refractivity contribution in [2.24, 2.45) is 11.3 Å². The Morgan fingerprint density at radius 1 is 1.33 bits per heavy atom. The predicted molar refractivity (Wildman–Crippen MR) is 89.2 cm³/mol. The van der Waals surface area contributed by atoms with Crippen LogP contribution in [0.2, 0.25) is 0 Å². The second-order valence-corrected chi connectivity index (χ2v) is 6.46. The van der Waals surface area contributed by atoms with Gasteiger partial charge in [0.2, 0.25) is 0 Å². The average Bonchev–Trinajstić information content (AvgIpc) is 2.86. The largest absolute Gasteiger partial charge is 0.481 e. The molecular formula is C16H21ClN2O5. The second-order valence-electron chi connectivity index (χ2n) is 6.46. The number of halogens is 1. The third-order valence-electron chi connectivity index (χ3n) is 5.06. The van der Waals surface area contributed by atoms with Crippen molar-refractivity contribution in [3.63, 3.8) is 0 Å². The van der Waals surface area contributed by atoms with E-state index in [1.807, 2.05) is 0 Å². The minimum Gasteiger partial charge on any atom is -0.481 e. The summed E-state index contributed by atoms with van der Waals surface area (Å²) in [6, 6.07) is 6.46. The van der Waals surface area contributed by atoms with E-state index < -0.39 is 10.9 Å². The Balaban J connectivity index is 0.00000208. The van der Waals surface area contributed by atoms with Crippen LogP contribution in [0.25, 0.3) is 0 Å². The lowest BCUT2D eigenvalue weighted by Gasteiger charge is -2.36. The molecule has 0 saturated carbocycles. The van der Waals surface area contributed by atoms with Crippen LogP contribution in [0.4, 0.5) is 5.69 Å². The number of hydrogen-bond acceptors (Lipinski definition) is 5. The van der Waals surface area contributed by atoms with Crippen molar-refractivity contribution >= 4 is 24.1 Å². The molecule has 0 bridgehead atoms. The van der Waals surface area contributed by atoms with E-state index in [9.17, 15) is 20.0 Å². The lowest BCUT2D eigenvalue weighted by Crippen LogP contribution is -2.40. The molecule has 2 saturated heterocycles. The molecule has 1 spiro atoms. The van der Waals surface area contributed by atoms with Crippen molar-refractivity contribution in [2.75, 3.05) is 26.3 Å². The Morgan fingerprint density at radius 2 is 1.96 bits per heavy atom. The molecule has 0 aromatic heterocycles. The summed E-state index contributed by atoms with van der Waals surface area (Å²) in [6.45, 7) is 3.12. The maximum Gasteiger partial charge on any atom is 0.308 e. The summed E-state index contributed by atoms with van der Waals surface area (Å²) in [4.78, 5) is 24.1. The van der Waals surface area contributed by atoms with E-state index in [1.165, 1.54) is 12.1 Å². The molecule has 2 heterocycles. The van der Waals surface area contributed by atoms with Crippen molar-refractivity contribution in [3.8, 4) is 0 Å². The molecule has 2 aliphatic heterocycles. The summed E-state index contributed by atoms with van der Waals surface area (Å²) >= 11 is 0. The van der Waals surface area contributed by atoms with Gasteiger partial charge in [-0.1, -0.05) is 12.1 Å². The Bertz CT molecular complexity index is 601. The molecule has 0 amide bonds. The number of nitrogens with zero attached hydrogens (tertiary/aromatic N) is 2. The number of carboxylic acid groups (broad SMARTS) is 1. The molecule has 24 heavy (non-hydrogen) atoms. The van der Waals surface area contributed by atoms with Gasteiger partial charge < -0.3 is 9.84 Å². The number of aliphatic carboxylic acids is 1. The highest BCUT2D eigenvalue weighted by Crippen LogP contribution is 2.44. The standard InChI is InChI=1S/C16H20N2O5.ClH/c19-15(20)14-10-17(11-16(14)5-7-23-8-6-16)9-12-1-3-13(4-2-12)18(21)22;/h1-4,14H,5-11H2,(H,19,20);1H. The van der Waals surface area contributed by atoms with Crippen molar-refractivity contribution < 1.29 is 19.6 Å². The van der Waals surface area contributed by atoms with Gasteiger partial charge in [0.05, 0.1) is 10.8 Å². The Morgan fingerprint density at radius 3 is 2.50 bits per heavy atom. The van der Waals surface area contributed by atoms with Gasteiger partial charge in [0, 0.05) is 50.4 Å². The highest BCUT2D eigenvalue weighted by molar-refractivity contribution is 5.85. The third-order valence-corrected chi connectivity index (χ3v) is 5.06. The molecule has 1 aromatic rings. The zero-order valence-electron chi connectivity index (χ0n) is 13.2. The Labute approximate surface area is 146 Å². The first-order valence-corrected chi connectivity index (χ1v) is 7.76. The maximum absolute atomic E-state index is 11.7. The van der Waals surface area contributed by atoms with Gasteiger partial charge in [-0.25, -0.2) is 0 Å². The van der Waals surface area contributed by atoms with E-state index in [0.717, 1.165) is 24.9 Å². The van der Waals surface area contributed by atoms with Gasteiger partial charge in [0.15, 0.2) is 0 Å². The number of non-ortho nitro benzene ring substituents is 1. The van der Waals surface area contributed by atoms with E-state index in [4.69, 9.17) is 4.74 Å². The monoisotopic (exact) mass is 356 g/mol. The molecule has 8 heteroatoms. The van der Waals surface area contributed by atoms with Gasteiger partial charge in [-0.15, -0.1) is 12.4 Å². The van der Waals surface area contributed by atoms with Crippen molar-refractivity contribution in [2.45, 2.75) is 19.4 Å². The zero-order chi connectivity index (χ0) is 16.4. The lowest BCUT2D eigenvalue weighted by molar-refractivity contribution is -0.384. The Kier molecular flexibility index (Phi) is 5.79. The molecule has 1 N–H and O–H groups in total. The number of benzene rings is 1. The zero-order valence-corrected chi connectivity index (χ0v) is 14.0. The molecule has 2 aliphatic rings. The van der Waals surface area contributed by atoms with Crippen LogP contribution in [0, 0.1) is 21.4 Å². The number of nitro groups is 1. The first-order valence-electron chi connectivity index (χ1n) is 7.76. The SMILES string of the molecule is Cl.O=C(O)C1CN(Cc2ccc([N+](=O)[O-])cc2)CC12CCOCC2. The van der Waals surface area contributed by atoms with E-state index in [1.54, 1.807) is 12.1 Å². The molecule has 7 nitrogen and oxygen atoms in total. The van der Waals surface area contributed by atoms with Crippen LogP contribution in [0.3, 0.4) is 0 Å². The van der Waals surface area contributed by atoms with Crippen LogP contribution >= 0.6 is 12.4 Å². The molecule has 1 atom stereocenters. The first-order chi connectivity index (χ1) is 11.0. The molecular weight excluding hydrogens is 336 g/mol. The number of rotatable bonds is 4. The summed E-state index contributed by atoms with van der Waals surface area (Å²) in [5.41, 5.74) is 0.827. The van der Waals surface area contributed by atoms with Gasteiger partial charge in [-0.2, -0.15) is 0 Å². The molecule has 1 aromatic carbocycles. The Hall–Kier alpha value is -1.70. The average molecular weight is 357 g/mol. The summed E-state index contributed by atoms with van der Waals surface area (Å²) in [5, 5.41) is 20.3. The number of ether oxygens (including phenoxy) is 1. The number of carboxylic acids is 1. The van der Waals surface area contributed by atoms with Crippen LogP contribution < -0.4 is 0 Å². The summed E-state index contributed by atoms with van der Waals surface area (Å²) < 4.78 is 5.40. The summed E-state index contributed by atoms with van der Waals surface area (Å²) in [5.74, 6) is -1.11. The summed E-state index contributed by atoms with van der Waals surface area (Å²) in [6.07, 6.45) is 1.56. The molecule has 132 valence electrons. The maximum atomic E-state index is 11.7. The number of likely N-dealkylation sites (tertiary alicyclic amines) is 1. The first kappa shape index (κ1) is 18.6. The lowest BCUT2D eigenvalue weighted by atomic mass is 9.72. The van der Waals surface area contributed by atoms with E-state index in [-0.39, 0.29) is 29.4 Å². The van der Waals surface area contributed by atoms with Crippen molar-refractivity contribution in [1.29, 1.82) is 0 Å². The smallest absolute Gasteiger partial charge is 0.308 e. The second kappa shape index (κ2) is 7.46. The van der Waals surface area contributed by atoms with E-state index in [2.05, 4.69) is 4.90 Å². The molecule has 1 unspecified atom stereocenters. The van der Waals surface area contributed by atoms with Crippen LogP contribution in [-0.2, 0) is 16.1 Å². The van der Waals surface area contributed by atoms with Crippen LogP contribution in [0.5, 0.6) is 0 Å². The van der Waals surface area contributed by atoms with Gasteiger partial charge in [0.25, 0.3) is 5.69 Å². The number of hydrogen-bond donors (Lipinski definition) is 1. The van der Waals surface area contributed by atoms with Crippen LogP contribution in [0.1, 0.15) is 18.4 Å². The number of carbonyl (C=O) groups is 1. The minimum absolute atomic E-state index is 0. The predicted octanol–water partition coefficient (Wildman–Crippen LogP) is 2.33. The quantitative estimate of drug-likeness (QED) is 0.657. The van der Waals surface area contributed by atoms with Gasteiger partial charge in [-0.3, -0.25) is 19.8 Å². The highest BCUT2D eigenvalue weighted by Gasteiger charge is 2.50. The van der Waals surface area contributed by atoms with Gasteiger partial charge >= 0.3 is 5.97 Å². The molecule has 0 radical (unpaired) electrons. The fourth-order valence-corrected chi connectivity index (χ4v) is 3.80. The fraction of sp³-hybridized carbons (Fsp3) is 0.562. The molecule has 2 fully saturated rings. The highest BCUT2D eigenvalue weighted by atomic mass is 35.5. The van der Waals surface area contributed by atoms with Crippen molar-refractivity contribution in [1.82, 2.24) is 4.90 Å². The third kappa shape index (κ3) is 3.68. The normalized spacial score (nSPS) is 22.9. The van der Waals surface area contributed by atoms with Crippen LogP contribution in [-0.4, -0.2) is 47.2 Å². The fourth-order valence-electron chi connectivity index (χ4n) is 3.80. The number of nitro benzene ring substituents is 1. The van der Waals surface area contributed by atoms with E-state index in [0.29, 0.717) is 26.3 Å². The van der Waals surface area contributed by atoms with Crippen LogP contribution in [0.15, 0.2) is 24.3 Å². The van der Waals surface area contributed by atoms with Crippen molar-refractivity contribution in [3.05, 3.63) is 39.9 Å². The molecule has 3 rings (SSSR count). The molecule has 0 aliphatic carbocycles.